The molecule has 0 unspecified atom stereocenters. The van der Waals surface area contributed by atoms with E-state index in [9.17, 15) is 0 Å². The van der Waals surface area contributed by atoms with Crippen molar-refractivity contribution in [2.45, 2.75) is 25.9 Å². The number of hydrogen-bond acceptors (Lipinski definition) is 3. The van der Waals surface area contributed by atoms with Crippen molar-refractivity contribution in [3.63, 3.8) is 0 Å². The first kappa shape index (κ1) is 16.2. The highest BCUT2D eigenvalue weighted by Crippen LogP contribution is 2.43. The third-order valence-corrected chi connectivity index (χ3v) is 5.82. The lowest BCUT2D eigenvalue weighted by Crippen LogP contribution is -2.29. The molecule has 3 heterocycles. The van der Waals surface area contributed by atoms with Crippen molar-refractivity contribution in [1.82, 2.24) is 10.3 Å². The lowest BCUT2D eigenvalue weighted by molar-refractivity contribution is 0.575. The van der Waals surface area contributed by atoms with Crippen molar-refractivity contribution < 1.29 is 0 Å². The fourth-order valence-electron chi connectivity index (χ4n) is 3.31. The zero-order valence-corrected chi connectivity index (χ0v) is 15.8. The summed E-state index contributed by atoms with van der Waals surface area (Å²) in [5.41, 5.74) is 3.35. The van der Waals surface area contributed by atoms with Gasteiger partial charge in [-0.25, -0.2) is 0 Å². The predicted molar refractivity (Wildman–Crippen MR) is 108 cm³/mol. The van der Waals surface area contributed by atoms with E-state index in [4.69, 9.17) is 12.2 Å². The van der Waals surface area contributed by atoms with Gasteiger partial charge in [-0.2, -0.15) is 0 Å². The summed E-state index contributed by atoms with van der Waals surface area (Å²) in [7, 11) is 0. The second-order valence-electron chi connectivity index (χ2n) is 6.28. The largest absolute Gasteiger partial charge is 0.351 e. The van der Waals surface area contributed by atoms with Gasteiger partial charge in [-0.15, -0.1) is 11.3 Å². The van der Waals surface area contributed by atoms with Gasteiger partial charge in [0.2, 0.25) is 0 Å². The van der Waals surface area contributed by atoms with Gasteiger partial charge in [0, 0.05) is 21.6 Å². The van der Waals surface area contributed by atoms with Crippen molar-refractivity contribution in [1.29, 1.82) is 0 Å². The maximum atomic E-state index is 5.72. The Morgan fingerprint density at radius 1 is 1.08 bits per heavy atom. The molecular formula is C20H19N3S2. The third-order valence-electron chi connectivity index (χ3n) is 4.43. The lowest BCUT2D eigenvalue weighted by atomic mass is 10.0. The summed E-state index contributed by atoms with van der Waals surface area (Å²) < 4.78 is 0. The molecule has 0 aliphatic carbocycles. The molecule has 4 rings (SSSR count). The number of aromatic nitrogens is 1. The van der Waals surface area contributed by atoms with Crippen molar-refractivity contribution in [3.8, 4) is 0 Å². The van der Waals surface area contributed by atoms with Crippen LogP contribution in [0.1, 0.15) is 33.1 Å². The quantitative estimate of drug-likeness (QED) is 0.666. The van der Waals surface area contributed by atoms with E-state index >= 15 is 0 Å². The fraction of sp³-hybridized carbons (Fsp3) is 0.200. The molecule has 1 aliphatic rings. The lowest BCUT2D eigenvalue weighted by Gasteiger charge is -2.27. The molecule has 25 heavy (non-hydrogen) atoms. The maximum Gasteiger partial charge on any atom is 0.174 e. The van der Waals surface area contributed by atoms with Crippen LogP contribution in [0.5, 0.6) is 0 Å². The maximum absolute atomic E-state index is 5.72. The van der Waals surface area contributed by atoms with Gasteiger partial charge in [0.15, 0.2) is 5.11 Å². The van der Waals surface area contributed by atoms with E-state index in [0.717, 1.165) is 16.5 Å². The highest BCUT2D eigenvalue weighted by Gasteiger charge is 2.41. The van der Waals surface area contributed by atoms with Crippen LogP contribution in [0.15, 0.2) is 60.8 Å². The highest BCUT2D eigenvalue weighted by molar-refractivity contribution is 7.80. The van der Waals surface area contributed by atoms with Crippen LogP contribution in [0.2, 0.25) is 0 Å². The molecule has 0 amide bonds. The predicted octanol–water partition coefficient (Wildman–Crippen LogP) is 4.94. The van der Waals surface area contributed by atoms with Crippen LogP contribution >= 0.6 is 23.6 Å². The van der Waals surface area contributed by atoms with Crippen LogP contribution in [0.3, 0.4) is 0 Å². The van der Waals surface area contributed by atoms with Gasteiger partial charge in [0.25, 0.3) is 0 Å². The number of thiophene rings is 1. The number of hydrogen-bond donors (Lipinski definition) is 1. The second kappa shape index (κ2) is 6.58. The van der Waals surface area contributed by atoms with Crippen LogP contribution in [0.25, 0.3) is 0 Å². The first-order valence-corrected chi connectivity index (χ1v) is 9.49. The van der Waals surface area contributed by atoms with E-state index < -0.39 is 0 Å². The van der Waals surface area contributed by atoms with Crippen LogP contribution < -0.4 is 10.2 Å². The molecule has 1 N–H and O–H groups in total. The molecule has 126 valence electrons. The molecule has 2 atom stereocenters. The smallest absolute Gasteiger partial charge is 0.174 e. The Morgan fingerprint density at radius 3 is 2.64 bits per heavy atom. The SMILES string of the molecule is Cc1cccc(N2C(=S)N[C@H](c3ccccn3)[C@@H]2c2ccc(C)s2)c1. The standard InChI is InChI=1S/C20H19N3S2/c1-13-6-5-7-15(12-13)23-19(17-10-9-14(2)25-17)18(22-20(23)24)16-8-3-4-11-21-16/h3-12,18-19H,1-2H3,(H,22,24)/t18-,19+/m1/s1. The number of rotatable bonds is 3. The van der Waals surface area contributed by atoms with Crippen LogP contribution in [0, 0.1) is 13.8 Å². The van der Waals surface area contributed by atoms with Gasteiger partial charge in [-0.05, 0) is 68.0 Å². The molecule has 5 heteroatoms. The van der Waals surface area contributed by atoms with Gasteiger partial charge in [-0.1, -0.05) is 18.2 Å². The van der Waals surface area contributed by atoms with Crippen molar-refractivity contribution in [2.24, 2.45) is 0 Å². The summed E-state index contributed by atoms with van der Waals surface area (Å²) in [5, 5.41) is 4.25. The monoisotopic (exact) mass is 365 g/mol. The van der Waals surface area contributed by atoms with Gasteiger partial charge in [-0.3, -0.25) is 4.98 Å². The van der Waals surface area contributed by atoms with Gasteiger partial charge in [0.05, 0.1) is 17.8 Å². The Kier molecular flexibility index (Phi) is 4.27. The molecule has 1 saturated heterocycles. The molecule has 3 nitrogen and oxygen atoms in total. The van der Waals surface area contributed by atoms with Crippen molar-refractivity contribution >= 4 is 34.4 Å². The molecule has 1 aliphatic heterocycles. The first-order valence-electron chi connectivity index (χ1n) is 8.27. The third kappa shape index (κ3) is 3.05. The molecule has 0 spiro atoms. The van der Waals surface area contributed by atoms with Gasteiger partial charge >= 0.3 is 0 Å². The summed E-state index contributed by atoms with van der Waals surface area (Å²) >= 11 is 7.54. The Labute approximate surface area is 157 Å². The summed E-state index contributed by atoms with van der Waals surface area (Å²) in [6.07, 6.45) is 1.84. The van der Waals surface area contributed by atoms with Crippen LogP contribution in [-0.2, 0) is 0 Å². The normalized spacial score (nSPS) is 19.9. The summed E-state index contributed by atoms with van der Waals surface area (Å²) in [6, 6.07) is 19.0. The Morgan fingerprint density at radius 2 is 1.96 bits per heavy atom. The van der Waals surface area contributed by atoms with E-state index in [1.165, 1.54) is 15.3 Å². The number of benzene rings is 1. The number of nitrogens with zero attached hydrogens (tertiary/aromatic N) is 2. The highest BCUT2D eigenvalue weighted by atomic mass is 32.1. The molecule has 0 saturated carbocycles. The summed E-state index contributed by atoms with van der Waals surface area (Å²) in [4.78, 5) is 9.40. The van der Waals surface area contributed by atoms with Crippen molar-refractivity contribution in [3.05, 3.63) is 81.8 Å². The van der Waals surface area contributed by atoms with Gasteiger partial charge in [0.1, 0.15) is 0 Å². The minimum atomic E-state index is 0.0345. The fourth-order valence-corrected chi connectivity index (χ4v) is 4.66. The number of anilines is 1. The minimum absolute atomic E-state index is 0.0345. The van der Waals surface area contributed by atoms with E-state index in [2.05, 4.69) is 71.5 Å². The Hall–Kier alpha value is -2.24. The topological polar surface area (TPSA) is 28.2 Å². The van der Waals surface area contributed by atoms with Crippen molar-refractivity contribution in [2.75, 3.05) is 4.90 Å². The van der Waals surface area contributed by atoms with Gasteiger partial charge < -0.3 is 10.2 Å². The Balaban J connectivity index is 1.83. The minimum Gasteiger partial charge on any atom is -0.351 e. The number of aryl methyl sites for hydroxylation is 2. The average molecular weight is 366 g/mol. The molecule has 0 bridgehead atoms. The number of pyridine rings is 1. The van der Waals surface area contributed by atoms with E-state index in [1.54, 1.807) is 0 Å². The first-order chi connectivity index (χ1) is 12.1. The summed E-state index contributed by atoms with van der Waals surface area (Å²) in [5.74, 6) is 0. The molecule has 1 aromatic carbocycles. The van der Waals surface area contributed by atoms with E-state index in [0.29, 0.717) is 0 Å². The second-order valence-corrected chi connectivity index (χ2v) is 7.99. The molecule has 0 radical (unpaired) electrons. The van der Waals surface area contributed by atoms with Crippen LogP contribution in [0.4, 0.5) is 5.69 Å². The molecule has 3 aromatic rings. The summed E-state index contributed by atoms with van der Waals surface area (Å²) in [6.45, 7) is 4.25. The van der Waals surface area contributed by atoms with E-state index in [1.807, 2.05) is 29.7 Å². The Bertz CT molecular complexity index is 904. The number of thiocarbonyl (C=S) groups is 1. The number of nitrogens with one attached hydrogen (secondary N) is 1. The zero-order valence-electron chi connectivity index (χ0n) is 14.1. The van der Waals surface area contributed by atoms with E-state index in [-0.39, 0.29) is 12.1 Å². The zero-order chi connectivity index (χ0) is 17.4. The average Bonchev–Trinajstić information content (AvgIpc) is 3.18. The van der Waals surface area contributed by atoms with Crippen LogP contribution in [-0.4, -0.2) is 10.1 Å². The molecule has 1 fully saturated rings. The molecular weight excluding hydrogens is 346 g/mol. The molecule has 2 aromatic heterocycles.